The number of benzene rings is 1. The van der Waals surface area contributed by atoms with Gasteiger partial charge in [0.1, 0.15) is 11.3 Å². The zero-order valence-corrected chi connectivity index (χ0v) is 14.0. The summed E-state index contributed by atoms with van der Waals surface area (Å²) in [5, 5.41) is 2.93. The third kappa shape index (κ3) is 3.12. The molecule has 140 valence electrons. The van der Waals surface area contributed by atoms with Crippen molar-refractivity contribution in [3.05, 3.63) is 29.8 Å². The second-order valence-electron chi connectivity index (χ2n) is 7.29. The molecule has 1 aromatic carbocycles. The first-order valence-corrected chi connectivity index (χ1v) is 8.72. The van der Waals surface area contributed by atoms with E-state index in [0.29, 0.717) is 5.56 Å². The summed E-state index contributed by atoms with van der Waals surface area (Å²) in [6.07, 6.45) is -0.655. The van der Waals surface area contributed by atoms with Gasteiger partial charge in [-0.2, -0.15) is 13.2 Å². The molecule has 1 N–H and O–H groups in total. The number of ether oxygens (including phenoxy) is 1. The Morgan fingerprint density at radius 2 is 1.81 bits per heavy atom. The predicted octanol–water partition coefficient (Wildman–Crippen LogP) is 3.24. The van der Waals surface area contributed by atoms with Gasteiger partial charge in [-0.1, -0.05) is 12.1 Å². The number of urea groups is 1. The Bertz CT molecular complexity index is 729. The van der Waals surface area contributed by atoms with E-state index in [1.807, 2.05) is 0 Å². The topological polar surface area (TPSA) is 58.6 Å². The summed E-state index contributed by atoms with van der Waals surface area (Å²) < 4.78 is 41.6. The fraction of sp³-hybridized carbons (Fsp3) is 0.556. The lowest BCUT2D eigenvalue weighted by Gasteiger charge is -2.26. The number of nitrogens with zero attached hydrogens (tertiary/aromatic N) is 1. The summed E-state index contributed by atoms with van der Waals surface area (Å²) in [7, 11) is 0. The Hall–Kier alpha value is -2.25. The molecule has 2 saturated carbocycles. The maximum atomic E-state index is 13.0. The van der Waals surface area contributed by atoms with Gasteiger partial charge in [0.2, 0.25) is 0 Å². The van der Waals surface area contributed by atoms with Crippen LogP contribution < -0.4 is 10.1 Å². The van der Waals surface area contributed by atoms with Crippen molar-refractivity contribution in [2.24, 2.45) is 11.8 Å². The van der Waals surface area contributed by atoms with Crippen LogP contribution in [0.15, 0.2) is 24.3 Å². The first-order chi connectivity index (χ1) is 12.3. The molecule has 1 aromatic rings. The largest absolute Gasteiger partial charge is 0.484 e. The molecule has 4 rings (SSSR count). The van der Waals surface area contributed by atoms with E-state index >= 15 is 0 Å². The van der Waals surface area contributed by atoms with Gasteiger partial charge < -0.3 is 10.1 Å². The average Bonchev–Trinajstić information content (AvgIpc) is 3.46. The normalized spacial score (nSPS) is 22.5. The van der Waals surface area contributed by atoms with Crippen molar-refractivity contribution < 1.29 is 27.5 Å². The first kappa shape index (κ1) is 17.2. The van der Waals surface area contributed by atoms with Crippen LogP contribution in [0.1, 0.15) is 31.2 Å². The Labute approximate surface area is 148 Å². The van der Waals surface area contributed by atoms with E-state index < -0.39 is 24.4 Å². The second-order valence-corrected chi connectivity index (χ2v) is 7.29. The molecular formula is C18H19F3N2O3. The van der Waals surface area contributed by atoms with Crippen LogP contribution in [0.25, 0.3) is 0 Å². The van der Waals surface area contributed by atoms with Crippen LogP contribution >= 0.6 is 0 Å². The van der Waals surface area contributed by atoms with E-state index in [2.05, 4.69) is 5.32 Å². The third-order valence-electron chi connectivity index (χ3n) is 5.24. The molecule has 0 unspecified atom stereocenters. The third-order valence-corrected chi connectivity index (χ3v) is 5.24. The average molecular weight is 368 g/mol. The molecular weight excluding hydrogens is 349 g/mol. The van der Waals surface area contributed by atoms with Gasteiger partial charge >= 0.3 is 12.2 Å². The highest BCUT2D eigenvalue weighted by Crippen LogP contribution is 2.54. The summed E-state index contributed by atoms with van der Waals surface area (Å²) in [5.41, 5.74) is -0.211. The minimum absolute atomic E-state index is 0.0229. The van der Waals surface area contributed by atoms with Crippen LogP contribution in [0.4, 0.5) is 18.0 Å². The van der Waals surface area contributed by atoms with Gasteiger partial charge in [-0.25, -0.2) is 4.79 Å². The SMILES string of the molecule is O=C1NC(C2CC2)(C2CC2)C(=O)N1Cc1cccc(OCC(F)(F)F)c1. The molecule has 2 aliphatic carbocycles. The van der Waals surface area contributed by atoms with Gasteiger partial charge in [0, 0.05) is 0 Å². The van der Waals surface area contributed by atoms with Crippen molar-refractivity contribution in [3.8, 4) is 5.75 Å². The van der Waals surface area contributed by atoms with Gasteiger partial charge in [0.15, 0.2) is 6.61 Å². The molecule has 1 aliphatic heterocycles. The van der Waals surface area contributed by atoms with Gasteiger partial charge in [-0.3, -0.25) is 9.69 Å². The van der Waals surface area contributed by atoms with E-state index in [-0.39, 0.29) is 30.0 Å². The van der Waals surface area contributed by atoms with E-state index in [0.717, 1.165) is 25.7 Å². The molecule has 0 spiro atoms. The lowest BCUT2D eigenvalue weighted by molar-refractivity contribution is -0.153. The Kier molecular flexibility index (Phi) is 3.89. The number of amides is 3. The summed E-state index contributed by atoms with van der Waals surface area (Å²) >= 11 is 0. The van der Waals surface area contributed by atoms with Crippen molar-refractivity contribution in [1.82, 2.24) is 10.2 Å². The predicted molar refractivity (Wildman–Crippen MR) is 85.3 cm³/mol. The van der Waals surface area contributed by atoms with E-state index in [9.17, 15) is 22.8 Å². The number of rotatable bonds is 6. The Morgan fingerprint density at radius 1 is 1.15 bits per heavy atom. The van der Waals surface area contributed by atoms with E-state index in [4.69, 9.17) is 4.74 Å². The number of hydrogen-bond donors (Lipinski definition) is 1. The van der Waals surface area contributed by atoms with Crippen LogP contribution in [0.3, 0.4) is 0 Å². The van der Waals surface area contributed by atoms with Crippen molar-refractivity contribution in [1.29, 1.82) is 0 Å². The van der Waals surface area contributed by atoms with Gasteiger partial charge in [0.05, 0.1) is 6.54 Å². The number of nitrogens with one attached hydrogen (secondary N) is 1. The molecule has 1 saturated heterocycles. The molecule has 8 heteroatoms. The number of carbonyl (C=O) groups is 2. The van der Waals surface area contributed by atoms with Gasteiger partial charge in [-0.15, -0.1) is 0 Å². The maximum absolute atomic E-state index is 13.0. The molecule has 3 amide bonds. The first-order valence-electron chi connectivity index (χ1n) is 8.72. The molecule has 0 bridgehead atoms. The van der Waals surface area contributed by atoms with Crippen LogP contribution in [0.5, 0.6) is 5.75 Å². The molecule has 26 heavy (non-hydrogen) atoms. The Morgan fingerprint density at radius 3 is 2.38 bits per heavy atom. The van der Waals surface area contributed by atoms with Crippen LogP contribution in [0.2, 0.25) is 0 Å². The fourth-order valence-electron chi connectivity index (χ4n) is 3.80. The van der Waals surface area contributed by atoms with Crippen molar-refractivity contribution in [3.63, 3.8) is 0 Å². The summed E-state index contributed by atoms with van der Waals surface area (Å²) in [4.78, 5) is 26.6. The fourth-order valence-corrected chi connectivity index (χ4v) is 3.80. The Balaban J connectivity index is 1.49. The standard InChI is InChI=1S/C18H19F3N2O3/c19-17(20,21)10-26-14-3-1-2-11(8-14)9-23-15(24)18(12-4-5-12,13-6-7-13)22-16(23)25/h1-3,8,12-13H,4-7,9-10H2,(H,22,25). The van der Waals surface area contributed by atoms with Crippen molar-refractivity contribution >= 4 is 11.9 Å². The van der Waals surface area contributed by atoms with Crippen molar-refractivity contribution in [2.45, 2.75) is 43.9 Å². The van der Waals surface area contributed by atoms with Crippen LogP contribution in [0, 0.1) is 11.8 Å². The maximum Gasteiger partial charge on any atom is 0.422 e. The quantitative estimate of drug-likeness (QED) is 0.785. The highest BCUT2D eigenvalue weighted by molar-refractivity contribution is 6.07. The molecule has 0 atom stereocenters. The number of imide groups is 1. The smallest absolute Gasteiger partial charge is 0.422 e. The molecule has 5 nitrogen and oxygen atoms in total. The minimum atomic E-state index is -4.42. The molecule has 1 heterocycles. The van der Waals surface area contributed by atoms with Gasteiger partial charge in [-0.05, 0) is 55.2 Å². The lowest BCUT2D eigenvalue weighted by Crippen LogP contribution is -2.51. The molecule has 3 aliphatic rings. The summed E-state index contributed by atoms with van der Waals surface area (Å²) in [6.45, 7) is -1.36. The zero-order valence-electron chi connectivity index (χ0n) is 14.0. The number of halogens is 3. The minimum Gasteiger partial charge on any atom is -0.484 e. The number of hydrogen-bond acceptors (Lipinski definition) is 3. The van der Waals surface area contributed by atoms with E-state index in [1.165, 1.54) is 17.0 Å². The van der Waals surface area contributed by atoms with E-state index in [1.54, 1.807) is 12.1 Å². The molecule has 3 fully saturated rings. The highest BCUT2D eigenvalue weighted by Gasteiger charge is 2.65. The second kappa shape index (κ2) is 5.89. The highest BCUT2D eigenvalue weighted by atomic mass is 19.4. The number of carbonyl (C=O) groups excluding carboxylic acids is 2. The summed E-state index contributed by atoms with van der Waals surface area (Å²) in [6, 6.07) is 5.64. The lowest BCUT2D eigenvalue weighted by atomic mass is 9.87. The molecule has 0 radical (unpaired) electrons. The van der Waals surface area contributed by atoms with Crippen LogP contribution in [-0.2, 0) is 11.3 Å². The zero-order chi connectivity index (χ0) is 18.5. The molecule has 0 aromatic heterocycles. The summed E-state index contributed by atoms with van der Waals surface area (Å²) in [5.74, 6) is 0.271. The number of alkyl halides is 3. The monoisotopic (exact) mass is 368 g/mol. The van der Waals surface area contributed by atoms with Gasteiger partial charge in [0.25, 0.3) is 5.91 Å². The van der Waals surface area contributed by atoms with Crippen molar-refractivity contribution in [2.75, 3.05) is 6.61 Å². The van der Waals surface area contributed by atoms with Crippen LogP contribution in [-0.4, -0.2) is 35.2 Å².